The van der Waals surface area contributed by atoms with Gasteiger partial charge in [0.05, 0.1) is 0 Å². The molecule has 1 aromatic rings. The highest BCUT2D eigenvalue weighted by Crippen LogP contribution is 2.12. The van der Waals surface area contributed by atoms with Crippen LogP contribution in [-0.2, 0) is 4.79 Å². The molecule has 0 aromatic heterocycles. The highest BCUT2D eigenvalue weighted by atomic mass is 16.2. The summed E-state index contributed by atoms with van der Waals surface area (Å²) >= 11 is 0. The third-order valence-electron chi connectivity index (χ3n) is 3.09. The maximum absolute atomic E-state index is 11.9. The number of nitrogens with two attached hydrogens (primary N) is 1. The fraction of sp³-hybridized carbons (Fsp3) is 0.500. The molecular formula is C14H22N2O. The molecule has 1 aromatic carbocycles. The minimum Gasteiger partial charge on any atom is -0.352 e. The summed E-state index contributed by atoms with van der Waals surface area (Å²) in [7, 11) is 0. The number of hydrogen-bond acceptors (Lipinski definition) is 2. The predicted molar refractivity (Wildman–Crippen MR) is 70.6 cm³/mol. The summed E-state index contributed by atoms with van der Waals surface area (Å²) in [5.74, 6) is 0.291. The Morgan fingerprint density at radius 3 is 2.18 bits per heavy atom. The Morgan fingerprint density at radius 1 is 1.18 bits per heavy atom. The van der Waals surface area contributed by atoms with E-state index >= 15 is 0 Å². The minimum absolute atomic E-state index is 0.116. The van der Waals surface area contributed by atoms with Gasteiger partial charge in [0, 0.05) is 6.04 Å². The molecule has 1 amide bonds. The van der Waals surface area contributed by atoms with Crippen LogP contribution in [0, 0.1) is 12.8 Å². The van der Waals surface area contributed by atoms with Crippen molar-refractivity contribution in [3.8, 4) is 0 Å². The Hall–Kier alpha value is -1.35. The summed E-state index contributed by atoms with van der Waals surface area (Å²) in [6.45, 7) is 8.14. The molecule has 0 fully saturated rings. The molecule has 0 radical (unpaired) electrons. The van der Waals surface area contributed by atoms with E-state index in [1.807, 2.05) is 38.1 Å². The van der Waals surface area contributed by atoms with E-state index in [4.69, 9.17) is 5.73 Å². The van der Waals surface area contributed by atoms with Gasteiger partial charge in [-0.2, -0.15) is 0 Å². The minimum atomic E-state index is -0.586. The van der Waals surface area contributed by atoms with Gasteiger partial charge in [0.15, 0.2) is 0 Å². The molecule has 2 unspecified atom stereocenters. The molecule has 1 rings (SSSR count). The fourth-order valence-electron chi connectivity index (χ4n) is 1.41. The molecule has 17 heavy (non-hydrogen) atoms. The van der Waals surface area contributed by atoms with Gasteiger partial charge in [-0.05, 0) is 25.3 Å². The first-order valence-corrected chi connectivity index (χ1v) is 6.04. The van der Waals surface area contributed by atoms with Crippen molar-refractivity contribution in [2.45, 2.75) is 39.8 Å². The number of carbonyl (C=O) groups is 1. The highest BCUT2D eigenvalue weighted by molar-refractivity contribution is 5.83. The van der Waals surface area contributed by atoms with Gasteiger partial charge in [0.2, 0.25) is 5.91 Å². The van der Waals surface area contributed by atoms with Gasteiger partial charge in [-0.25, -0.2) is 0 Å². The summed E-state index contributed by atoms with van der Waals surface area (Å²) < 4.78 is 0. The van der Waals surface area contributed by atoms with E-state index in [1.165, 1.54) is 0 Å². The number of hydrogen-bond donors (Lipinski definition) is 2. The molecule has 94 valence electrons. The smallest absolute Gasteiger partial charge is 0.241 e. The van der Waals surface area contributed by atoms with E-state index in [2.05, 4.69) is 19.2 Å². The Labute approximate surface area is 103 Å². The van der Waals surface area contributed by atoms with Crippen molar-refractivity contribution in [2.24, 2.45) is 11.7 Å². The molecule has 3 N–H and O–H groups in total. The van der Waals surface area contributed by atoms with Crippen LogP contribution in [0.4, 0.5) is 0 Å². The zero-order chi connectivity index (χ0) is 13.0. The maximum Gasteiger partial charge on any atom is 0.241 e. The Kier molecular flexibility index (Phi) is 4.70. The molecule has 0 spiro atoms. The first-order chi connectivity index (χ1) is 7.91. The lowest BCUT2D eigenvalue weighted by molar-refractivity contribution is -0.123. The van der Waals surface area contributed by atoms with Crippen LogP contribution in [0.1, 0.15) is 37.9 Å². The first-order valence-electron chi connectivity index (χ1n) is 6.04. The number of carbonyl (C=O) groups excluding carboxylic acids is 1. The maximum atomic E-state index is 11.9. The summed E-state index contributed by atoms with van der Waals surface area (Å²) in [5.41, 5.74) is 7.94. The number of rotatable bonds is 4. The average molecular weight is 234 g/mol. The van der Waals surface area contributed by atoms with Crippen molar-refractivity contribution in [2.75, 3.05) is 0 Å². The summed E-state index contributed by atoms with van der Waals surface area (Å²) in [4.78, 5) is 11.9. The fourth-order valence-corrected chi connectivity index (χ4v) is 1.41. The van der Waals surface area contributed by atoms with E-state index < -0.39 is 6.04 Å². The van der Waals surface area contributed by atoms with Gasteiger partial charge in [-0.3, -0.25) is 4.79 Å². The standard InChI is InChI=1S/C14H22N2O/c1-9(2)11(4)16-14(17)13(15)12-7-5-10(3)6-8-12/h5-9,11,13H,15H2,1-4H3,(H,16,17). The van der Waals surface area contributed by atoms with Crippen LogP contribution in [0.25, 0.3) is 0 Å². The molecule has 0 heterocycles. The molecule has 3 heteroatoms. The van der Waals surface area contributed by atoms with E-state index in [-0.39, 0.29) is 11.9 Å². The van der Waals surface area contributed by atoms with Crippen molar-refractivity contribution in [1.82, 2.24) is 5.32 Å². The zero-order valence-electron chi connectivity index (χ0n) is 11.0. The van der Waals surface area contributed by atoms with Crippen molar-refractivity contribution < 1.29 is 4.79 Å². The highest BCUT2D eigenvalue weighted by Gasteiger charge is 2.18. The van der Waals surface area contributed by atoms with E-state index in [9.17, 15) is 4.79 Å². The van der Waals surface area contributed by atoms with Gasteiger partial charge in [-0.15, -0.1) is 0 Å². The number of aryl methyl sites for hydroxylation is 1. The van der Waals surface area contributed by atoms with Gasteiger partial charge in [-0.1, -0.05) is 43.7 Å². The molecule has 0 saturated heterocycles. The lowest BCUT2D eigenvalue weighted by atomic mass is 10.0. The Balaban J connectivity index is 2.66. The lowest BCUT2D eigenvalue weighted by Crippen LogP contribution is -2.41. The second kappa shape index (κ2) is 5.82. The topological polar surface area (TPSA) is 55.1 Å². The van der Waals surface area contributed by atoms with E-state index in [1.54, 1.807) is 0 Å². The van der Waals surface area contributed by atoms with Crippen LogP contribution < -0.4 is 11.1 Å². The van der Waals surface area contributed by atoms with Crippen molar-refractivity contribution in [3.05, 3.63) is 35.4 Å². The van der Waals surface area contributed by atoms with Crippen LogP contribution in [0.3, 0.4) is 0 Å². The molecular weight excluding hydrogens is 212 g/mol. The first kappa shape index (κ1) is 13.7. The SMILES string of the molecule is Cc1ccc(C(N)C(=O)NC(C)C(C)C)cc1. The van der Waals surface area contributed by atoms with Crippen molar-refractivity contribution in [3.63, 3.8) is 0 Å². The van der Waals surface area contributed by atoms with E-state index in [0.717, 1.165) is 11.1 Å². The van der Waals surface area contributed by atoms with Gasteiger partial charge < -0.3 is 11.1 Å². The normalized spacial score (nSPS) is 14.5. The third kappa shape index (κ3) is 3.86. The number of benzene rings is 1. The van der Waals surface area contributed by atoms with Gasteiger partial charge >= 0.3 is 0 Å². The summed E-state index contributed by atoms with van der Waals surface area (Å²) in [5, 5.41) is 2.93. The Morgan fingerprint density at radius 2 is 1.71 bits per heavy atom. The summed E-state index contributed by atoms with van der Waals surface area (Å²) in [6.07, 6.45) is 0. The van der Waals surface area contributed by atoms with Crippen molar-refractivity contribution >= 4 is 5.91 Å². The van der Waals surface area contributed by atoms with Gasteiger partial charge in [0.1, 0.15) is 6.04 Å². The molecule has 0 aliphatic rings. The molecule has 0 aliphatic carbocycles. The van der Waals surface area contributed by atoms with Crippen LogP contribution in [-0.4, -0.2) is 11.9 Å². The zero-order valence-corrected chi connectivity index (χ0v) is 11.0. The van der Waals surface area contributed by atoms with Crippen LogP contribution >= 0.6 is 0 Å². The molecule has 2 atom stereocenters. The van der Waals surface area contributed by atoms with Crippen LogP contribution in [0.2, 0.25) is 0 Å². The van der Waals surface area contributed by atoms with Crippen molar-refractivity contribution in [1.29, 1.82) is 0 Å². The molecule has 0 bridgehead atoms. The molecule has 3 nitrogen and oxygen atoms in total. The quantitative estimate of drug-likeness (QED) is 0.838. The second-order valence-corrected chi connectivity index (χ2v) is 4.93. The molecule has 0 saturated carbocycles. The van der Waals surface area contributed by atoms with E-state index in [0.29, 0.717) is 5.92 Å². The average Bonchev–Trinajstić information content (AvgIpc) is 2.28. The predicted octanol–water partition coefficient (Wildman–Crippen LogP) is 2.16. The number of nitrogens with one attached hydrogen (secondary N) is 1. The summed E-state index contributed by atoms with van der Waals surface area (Å²) in [6, 6.07) is 7.29. The number of amides is 1. The van der Waals surface area contributed by atoms with Crippen LogP contribution in [0.5, 0.6) is 0 Å². The van der Waals surface area contributed by atoms with Crippen LogP contribution in [0.15, 0.2) is 24.3 Å². The monoisotopic (exact) mass is 234 g/mol. The Bertz CT molecular complexity index is 370. The molecule has 0 aliphatic heterocycles. The van der Waals surface area contributed by atoms with Gasteiger partial charge in [0.25, 0.3) is 0 Å². The third-order valence-corrected chi connectivity index (χ3v) is 3.09. The lowest BCUT2D eigenvalue weighted by Gasteiger charge is -2.20. The largest absolute Gasteiger partial charge is 0.352 e. The second-order valence-electron chi connectivity index (χ2n) is 4.93.